The number of ether oxygens (including phenoxy) is 2. The van der Waals surface area contributed by atoms with Gasteiger partial charge in [0, 0.05) is 49.0 Å². The van der Waals surface area contributed by atoms with Crippen molar-refractivity contribution < 1.29 is 19.4 Å². The van der Waals surface area contributed by atoms with Crippen molar-refractivity contribution in [2.75, 3.05) is 38.2 Å². The molecule has 0 spiro atoms. The molecule has 1 N–H and O–H groups in total. The number of anilines is 1. The Hall–Kier alpha value is -3.48. The van der Waals surface area contributed by atoms with E-state index in [9.17, 15) is 9.90 Å². The second-order valence-corrected chi connectivity index (χ2v) is 9.26. The summed E-state index contributed by atoms with van der Waals surface area (Å²) in [6, 6.07) is 17.0. The molecular formula is C28H27ClN2O4. The number of hydrogen-bond donors (Lipinski definition) is 1. The molecule has 1 saturated heterocycles. The average molecular weight is 491 g/mol. The molecular weight excluding hydrogens is 464 g/mol. The van der Waals surface area contributed by atoms with Crippen LogP contribution in [-0.4, -0.2) is 49.1 Å². The number of aryl methyl sites for hydroxylation is 1. The zero-order valence-electron chi connectivity index (χ0n) is 19.8. The first-order valence-corrected chi connectivity index (χ1v) is 12.0. The zero-order valence-corrected chi connectivity index (χ0v) is 20.5. The summed E-state index contributed by atoms with van der Waals surface area (Å²) in [7, 11) is 1.59. The van der Waals surface area contributed by atoms with E-state index in [1.807, 2.05) is 49.4 Å². The van der Waals surface area contributed by atoms with Gasteiger partial charge in [0.05, 0.1) is 18.2 Å². The lowest BCUT2D eigenvalue weighted by Gasteiger charge is -2.36. The third-order valence-electron chi connectivity index (χ3n) is 6.57. The lowest BCUT2D eigenvalue weighted by molar-refractivity contribution is 0.101. The first-order chi connectivity index (χ1) is 16.9. The maximum Gasteiger partial charge on any atom is 0.232 e. The Morgan fingerprint density at radius 1 is 1.09 bits per heavy atom. The highest BCUT2D eigenvalue weighted by Crippen LogP contribution is 2.42. The molecule has 6 nitrogen and oxygen atoms in total. The number of phenolic OH excluding ortho intramolecular Hbond substituents is 1. The molecule has 2 aliphatic heterocycles. The average Bonchev–Trinajstić information content (AvgIpc) is 3.18. The van der Waals surface area contributed by atoms with Gasteiger partial charge in [-0.05, 0) is 48.9 Å². The summed E-state index contributed by atoms with van der Waals surface area (Å²) in [6.07, 6.45) is 1.70. The summed E-state index contributed by atoms with van der Waals surface area (Å²) in [4.78, 5) is 17.8. The Kier molecular flexibility index (Phi) is 6.41. The minimum Gasteiger partial charge on any atom is -0.507 e. The Bertz CT molecular complexity index is 1310. The molecule has 0 atom stereocenters. The lowest BCUT2D eigenvalue weighted by Crippen LogP contribution is -2.46. The smallest absolute Gasteiger partial charge is 0.232 e. The van der Waals surface area contributed by atoms with E-state index < -0.39 is 0 Å². The van der Waals surface area contributed by atoms with Crippen LogP contribution in [-0.2, 0) is 6.54 Å². The van der Waals surface area contributed by atoms with E-state index in [1.54, 1.807) is 19.3 Å². The standard InChI is InChI=1S/C28H27ClN2O4/c1-18-14-23(32)22(17-30-10-12-31(13-11-30)21-8-5-7-20(29)16-21)28-26(18)27(33)25(35-28)15-19-6-3-4-9-24(19)34-2/h3-9,14-16,32H,10-13,17H2,1-2H3/b25-15-. The van der Waals surface area contributed by atoms with Crippen molar-refractivity contribution in [2.45, 2.75) is 13.5 Å². The normalized spacial score (nSPS) is 16.9. The van der Waals surface area contributed by atoms with E-state index in [0.717, 1.165) is 42.5 Å². The number of para-hydroxylation sites is 1. The molecule has 5 rings (SSSR count). The number of fused-ring (bicyclic) bond motifs is 1. The van der Waals surface area contributed by atoms with E-state index in [-0.39, 0.29) is 17.3 Å². The Morgan fingerprint density at radius 3 is 2.60 bits per heavy atom. The van der Waals surface area contributed by atoms with Crippen molar-refractivity contribution in [1.82, 2.24) is 4.90 Å². The number of rotatable bonds is 5. The number of piperazine rings is 1. The minimum atomic E-state index is -0.185. The first kappa shape index (κ1) is 23.3. The molecule has 7 heteroatoms. The van der Waals surface area contributed by atoms with Crippen LogP contribution in [0.1, 0.15) is 27.0 Å². The van der Waals surface area contributed by atoms with Crippen LogP contribution in [0.2, 0.25) is 5.02 Å². The maximum atomic E-state index is 13.3. The molecule has 0 saturated carbocycles. The highest BCUT2D eigenvalue weighted by Gasteiger charge is 2.34. The summed E-state index contributed by atoms with van der Waals surface area (Å²) >= 11 is 6.16. The summed E-state index contributed by atoms with van der Waals surface area (Å²) in [6.45, 7) is 5.62. The van der Waals surface area contributed by atoms with Gasteiger partial charge in [-0.2, -0.15) is 0 Å². The predicted octanol–water partition coefficient (Wildman–Crippen LogP) is 5.30. The largest absolute Gasteiger partial charge is 0.507 e. The molecule has 0 amide bonds. The SMILES string of the molecule is COc1ccccc1/C=C1\Oc2c(CN3CCN(c4cccc(Cl)c4)CC3)c(O)cc(C)c2C1=O. The highest BCUT2D eigenvalue weighted by molar-refractivity contribution is 6.30. The Labute approximate surface area is 209 Å². The first-order valence-electron chi connectivity index (χ1n) is 11.6. The molecule has 180 valence electrons. The van der Waals surface area contributed by atoms with Gasteiger partial charge >= 0.3 is 0 Å². The fourth-order valence-electron chi connectivity index (χ4n) is 4.72. The monoisotopic (exact) mass is 490 g/mol. The Morgan fingerprint density at radius 2 is 1.86 bits per heavy atom. The number of carbonyl (C=O) groups is 1. The number of nitrogens with zero attached hydrogens (tertiary/aromatic N) is 2. The number of allylic oxidation sites excluding steroid dienone is 1. The van der Waals surface area contributed by atoms with Crippen LogP contribution < -0.4 is 14.4 Å². The highest BCUT2D eigenvalue weighted by atomic mass is 35.5. The summed E-state index contributed by atoms with van der Waals surface area (Å²) in [5.74, 6) is 1.29. The molecule has 3 aromatic carbocycles. The van der Waals surface area contributed by atoms with Gasteiger partial charge in [0.1, 0.15) is 17.2 Å². The van der Waals surface area contributed by atoms with Gasteiger partial charge in [-0.1, -0.05) is 35.9 Å². The van der Waals surface area contributed by atoms with Crippen LogP contribution >= 0.6 is 11.6 Å². The quantitative estimate of drug-likeness (QED) is 0.490. The predicted molar refractivity (Wildman–Crippen MR) is 138 cm³/mol. The fraction of sp³-hybridized carbons (Fsp3) is 0.250. The van der Waals surface area contributed by atoms with Crippen LogP contribution in [0.25, 0.3) is 6.08 Å². The van der Waals surface area contributed by atoms with Crippen LogP contribution in [0.4, 0.5) is 5.69 Å². The van der Waals surface area contributed by atoms with Crippen molar-refractivity contribution in [3.63, 3.8) is 0 Å². The van der Waals surface area contributed by atoms with E-state index in [1.165, 1.54) is 0 Å². The van der Waals surface area contributed by atoms with E-state index in [2.05, 4.69) is 15.9 Å². The van der Waals surface area contributed by atoms with Gasteiger partial charge in [-0.3, -0.25) is 9.69 Å². The summed E-state index contributed by atoms with van der Waals surface area (Å²) < 4.78 is 11.5. The van der Waals surface area contributed by atoms with Crippen molar-refractivity contribution in [3.8, 4) is 17.2 Å². The number of phenols is 1. The molecule has 0 aliphatic carbocycles. The molecule has 3 aromatic rings. The fourth-order valence-corrected chi connectivity index (χ4v) is 4.90. The second-order valence-electron chi connectivity index (χ2n) is 8.82. The van der Waals surface area contributed by atoms with Crippen molar-refractivity contribution >= 4 is 29.1 Å². The number of methoxy groups -OCH3 is 1. The number of carbonyl (C=O) groups excluding carboxylic acids is 1. The number of benzene rings is 3. The molecule has 0 radical (unpaired) electrons. The van der Waals surface area contributed by atoms with E-state index >= 15 is 0 Å². The molecule has 35 heavy (non-hydrogen) atoms. The molecule has 1 fully saturated rings. The lowest BCUT2D eigenvalue weighted by atomic mass is 9.99. The Balaban J connectivity index is 1.37. The van der Waals surface area contributed by atoms with E-state index in [4.69, 9.17) is 21.1 Å². The van der Waals surface area contributed by atoms with Crippen LogP contribution in [0.15, 0.2) is 60.4 Å². The van der Waals surface area contributed by atoms with Gasteiger partial charge < -0.3 is 19.5 Å². The maximum absolute atomic E-state index is 13.3. The number of halogens is 1. The van der Waals surface area contributed by atoms with Crippen LogP contribution in [0, 0.1) is 6.92 Å². The van der Waals surface area contributed by atoms with Crippen molar-refractivity contribution in [3.05, 3.63) is 87.6 Å². The van der Waals surface area contributed by atoms with Crippen molar-refractivity contribution in [2.24, 2.45) is 0 Å². The third kappa shape index (κ3) is 4.59. The van der Waals surface area contributed by atoms with E-state index in [0.29, 0.717) is 34.7 Å². The van der Waals surface area contributed by atoms with Gasteiger partial charge in [-0.15, -0.1) is 0 Å². The number of hydrogen-bond acceptors (Lipinski definition) is 6. The van der Waals surface area contributed by atoms with Gasteiger partial charge in [0.2, 0.25) is 5.78 Å². The van der Waals surface area contributed by atoms with Crippen LogP contribution in [0.5, 0.6) is 17.2 Å². The van der Waals surface area contributed by atoms with Gasteiger partial charge in [-0.25, -0.2) is 0 Å². The zero-order chi connectivity index (χ0) is 24.5. The summed E-state index contributed by atoms with van der Waals surface area (Å²) in [5.41, 5.74) is 3.71. The number of aromatic hydroxyl groups is 1. The molecule has 0 aromatic heterocycles. The van der Waals surface area contributed by atoms with Gasteiger partial charge in [0.15, 0.2) is 5.76 Å². The van der Waals surface area contributed by atoms with Gasteiger partial charge in [0.25, 0.3) is 0 Å². The summed E-state index contributed by atoms with van der Waals surface area (Å²) in [5, 5.41) is 11.5. The second kappa shape index (κ2) is 9.64. The molecule has 0 bridgehead atoms. The number of Topliss-reactive ketones (excluding diaryl/α,β-unsaturated/α-hetero) is 1. The topological polar surface area (TPSA) is 62.2 Å². The molecule has 2 heterocycles. The van der Waals surface area contributed by atoms with Crippen molar-refractivity contribution in [1.29, 1.82) is 0 Å². The molecule has 2 aliphatic rings. The third-order valence-corrected chi connectivity index (χ3v) is 6.81. The minimum absolute atomic E-state index is 0.143. The van der Waals surface area contributed by atoms with Crippen LogP contribution in [0.3, 0.4) is 0 Å². The number of ketones is 1. The molecule has 0 unspecified atom stereocenters.